The normalized spacial score (nSPS) is 23.3. The van der Waals surface area contributed by atoms with Crippen molar-refractivity contribution in [1.29, 1.82) is 0 Å². The van der Waals surface area contributed by atoms with Crippen LogP contribution in [0, 0.1) is 5.92 Å². The van der Waals surface area contributed by atoms with E-state index in [1.54, 1.807) is 0 Å². The monoisotopic (exact) mass is 234 g/mol. The molecule has 1 aliphatic heterocycles. The molecule has 1 heterocycles. The Bertz CT molecular complexity index is 306. The van der Waals surface area contributed by atoms with Crippen LogP contribution >= 0.6 is 0 Å². The molecule has 1 aliphatic rings. The van der Waals surface area contributed by atoms with Crippen LogP contribution in [0.25, 0.3) is 0 Å². The van der Waals surface area contributed by atoms with Crippen molar-refractivity contribution in [2.75, 3.05) is 11.5 Å². The lowest BCUT2D eigenvalue weighted by atomic mass is 10.1. The zero-order valence-corrected chi connectivity index (χ0v) is 10.0. The summed E-state index contributed by atoms with van der Waals surface area (Å²) in [5.41, 5.74) is 0. The van der Waals surface area contributed by atoms with Crippen LogP contribution in [-0.2, 0) is 19.4 Å². The molecular formula is C10H18O4S. The molecule has 0 aromatic carbocycles. The third-order valence-corrected chi connectivity index (χ3v) is 4.51. The van der Waals surface area contributed by atoms with E-state index in [0.717, 1.165) is 6.42 Å². The van der Waals surface area contributed by atoms with Crippen LogP contribution in [0.5, 0.6) is 0 Å². The second-order valence-corrected chi connectivity index (χ2v) is 6.40. The van der Waals surface area contributed by atoms with Crippen molar-refractivity contribution in [3.63, 3.8) is 0 Å². The van der Waals surface area contributed by atoms with Gasteiger partial charge in [0.25, 0.3) is 0 Å². The van der Waals surface area contributed by atoms with E-state index < -0.39 is 9.84 Å². The maximum absolute atomic E-state index is 11.4. The van der Waals surface area contributed by atoms with E-state index in [-0.39, 0.29) is 29.5 Å². The van der Waals surface area contributed by atoms with Gasteiger partial charge in [-0.2, -0.15) is 0 Å². The van der Waals surface area contributed by atoms with Crippen molar-refractivity contribution >= 4 is 15.8 Å². The first kappa shape index (κ1) is 12.5. The third kappa shape index (κ3) is 3.81. The largest absolute Gasteiger partial charge is 0.462 e. The molecule has 0 bridgehead atoms. The maximum atomic E-state index is 11.4. The van der Waals surface area contributed by atoms with Crippen LogP contribution < -0.4 is 0 Å². The molecule has 1 atom stereocenters. The van der Waals surface area contributed by atoms with E-state index in [2.05, 4.69) is 0 Å². The summed E-state index contributed by atoms with van der Waals surface area (Å²) in [6.07, 6.45) is 1.45. The summed E-state index contributed by atoms with van der Waals surface area (Å²) in [5.74, 6) is -0.0120. The van der Waals surface area contributed by atoms with Crippen molar-refractivity contribution in [1.82, 2.24) is 0 Å². The first-order valence-corrected chi connectivity index (χ1v) is 7.17. The fraction of sp³-hybridized carbons (Fsp3) is 0.900. The fourth-order valence-corrected chi connectivity index (χ4v) is 2.88. The lowest BCUT2D eigenvalue weighted by Crippen LogP contribution is -2.31. The van der Waals surface area contributed by atoms with Crippen LogP contribution in [0.1, 0.15) is 33.1 Å². The first-order valence-electron chi connectivity index (χ1n) is 5.35. The van der Waals surface area contributed by atoms with Crippen LogP contribution in [0.15, 0.2) is 0 Å². The molecule has 0 amide bonds. The number of carbonyl (C=O) groups is 1. The molecule has 5 heteroatoms. The number of esters is 1. The van der Waals surface area contributed by atoms with Gasteiger partial charge in [-0.1, -0.05) is 13.8 Å². The topological polar surface area (TPSA) is 60.4 Å². The Hall–Kier alpha value is -0.580. The van der Waals surface area contributed by atoms with Gasteiger partial charge in [-0.3, -0.25) is 4.79 Å². The average molecular weight is 234 g/mol. The molecule has 1 fully saturated rings. The van der Waals surface area contributed by atoms with Gasteiger partial charge in [0.2, 0.25) is 0 Å². The molecule has 0 aliphatic carbocycles. The molecule has 0 N–H and O–H groups in total. The van der Waals surface area contributed by atoms with Crippen molar-refractivity contribution in [3.05, 3.63) is 0 Å². The van der Waals surface area contributed by atoms with Crippen LogP contribution in [0.3, 0.4) is 0 Å². The number of hydrogen-bond acceptors (Lipinski definition) is 4. The van der Waals surface area contributed by atoms with Crippen LogP contribution in [0.4, 0.5) is 0 Å². The molecule has 15 heavy (non-hydrogen) atoms. The van der Waals surface area contributed by atoms with E-state index in [4.69, 9.17) is 4.74 Å². The predicted molar refractivity (Wildman–Crippen MR) is 57.2 cm³/mol. The van der Waals surface area contributed by atoms with E-state index in [1.165, 1.54) is 0 Å². The van der Waals surface area contributed by atoms with E-state index >= 15 is 0 Å². The number of carbonyl (C=O) groups excluding carboxylic acids is 1. The lowest BCUT2D eigenvalue weighted by Gasteiger charge is -2.23. The molecule has 0 aromatic heterocycles. The Morgan fingerprint density at radius 2 is 1.93 bits per heavy atom. The molecule has 1 unspecified atom stereocenters. The quantitative estimate of drug-likeness (QED) is 0.687. The Morgan fingerprint density at radius 3 is 2.40 bits per heavy atom. The minimum atomic E-state index is -2.87. The summed E-state index contributed by atoms with van der Waals surface area (Å²) < 4.78 is 27.5. The van der Waals surface area contributed by atoms with Crippen molar-refractivity contribution < 1.29 is 17.9 Å². The fourth-order valence-electron chi connectivity index (χ4n) is 1.43. The lowest BCUT2D eigenvalue weighted by molar-refractivity contribution is -0.153. The van der Waals surface area contributed by atoms with Gasteiger partial charge in [0.15, 0.2) is 9.84 Å². The van der Waals surface area contributed by atoms with Gasteiger partial charge in [-0.25, -0.2) is 8.42 Å². The van der Waals surface area contributed by atoms with Crippen LogP contribution in [0.2, 0.25) is 0 Å². The molecule has 0 radical (unpaired) electrons. The van der Waals surface area contributed by atoms with Gasteiger partial charge in [-0.15, -0.1) is 0 Å². The van der Waals surface area contributed by atoms with Gasteiger partial charge in [0, 0.05) is 0 Å². The summed E-state index contributed by atoms with van der Waals surface area (Å²) >= 11 is 0. The highest BCUT2D eigenvalue weighted by atomic mass is 32.2. The SMILES string of the molecule is CCC(C)C(=O)OC1CCS(=O)(=O)CC1. The van der Waals surface area contributed by atoms with Crippen molar-refractivity contribution in [2.24, 2.45) is 5.92 Å². The Labute approximate surface area is 90.9 Å². The smallest absolute Gasteiger partial charge is 0.308 e. The van der Waals surface area contributed by atoms with Crippen molar-refractivity contribution in [2.45, 2.75) is 39.2 Å². The molecule has 0 aromatic rings. The Morgan fingerprint density at radius 1 is 1.40 bits per heavy atom. The number of sulfone groups is 1. The Kier molecular flexibility index (Phi) is 4.13. The number of rotatable bonds is 3. The minimum Gasteiger partial charge on any atom is -0.462 e. The van der Waals surface area contributed by atoms with Gasteiger partial charge in [0.1, 0.15) is 6.10 Å². The summed E-state index contributed by atoms with van der Waals surface area (Å²) in [7, 11) is -2.87. The number of hydrogen-bond donors (Lipinski definition) is 0. The summed E-state index contributed by atoms with van der Waals surface area (Å²) in [6.45, 7) is 3.75. The molecule has 0 spiro atoms. The summed E-state index contributed by atoms with van der Waals surface area (Å²) in [4.78, 5) is 11.4. The highest BCUT2D eigenvalue weighted by molar-refractivity contribution is 7.91. The second-order valence-electron chi connectivity index (χ2n) is 4.10. The third-order valence-electron chi connectivity index (χ3n) is 2.80. The highest BCUT2D eigenvalue weighted by Gasteiger charge is 2.27. The van der Waals surface area contributed by atoms with E-state index in [1.807, 2.05) is 13.8 Å². The minimum absolute atomic E-state index is 0.0940. The number of ether oxygens (including phenoxy) is 1. The summed E-state index contributed by atoms with van der Waals surface area (Å²) in [6, 6.07) is 0. The van der Waals surface area contributed by atoms with Gasteiger partial charge < -0.3 is 4.74 Å². The van der Waals surface area contributed by atoms with Crippen molar-refractivity contribution in [3.8, 4) is 0 Å². The van der Waals surface area contributed by atoms with E-state index in [0.29, 0.717) is 12.8 Å². The van der Waals surface area contributed by atoms with E-state index in [9.17, 15) is 13.2 Å². The molecule has 1 saturated heterocycles. The zero-order valence-electron chi connectivity index (χ0n) is 9.23. The van der Waals surface area contributed by atoms with Gasteiger partial charge in [0.05, 0.1) is 17.4 Å². The standard InChI is InChI=1S/C10H18O4S/c1-3-8(2)10(11)14-9-4-6-15(12,13)7-5-9/h8-9H,3-7H2,1-2H3. The Balaban J connectivity index is 2.39. The first-order chi connectivity index (χ1) is 6.94. The molecule has 0 saturated carbocycles. The summed E-state index contributed by atoms with van der Waals surface area (Å²) in [5, 5.41) is 0. The molecular weight excluding hydrogens is 216 g/mol. The second kappa shape index (κ2) is 4.96. The molecule has 88 valence electrons. The molecule has 1 rings (SSSR count). The van der Waals surface area contributed by atoms with Gasteiger partial charge in [-0.05, 0) is 19.3 Å². The molecule has 4 nitrogen and oxygen atoms in total. The zero-order chi connectivity index (χ0) is 11.5. The highest BCUT2D eigenvalue weighted by Crippen LogP contribution is 2.17. The predicted octanol–water partition coefficient (Wildman–Crippen LogP) is 1.15. The maximum Gasteiger partial charge on any atom is 0.308 e. The van der Waals surface area contributed by atoms with Gasteiger partial charge >= 0.3 is 5.97 Å². The van der Waals surface area contributed by atoms with Crippen LogP contribution in [-0.4, -0.2) is 32.0 Å². The average Bonchev–Trinajstić information content (AvgIpc) is 2.20.